The highest BCUT2D eigenvalue weighted by Crippen LogP contribution is 2.44. The summed E-state index contributed by atoms with van der Waals surface area (Å²) in [5.74, 6) is 0. The summed E-state index contributed by atoms with van der Waals surface area (Å²) in [6, 6.07) is 12.9. The maximum Gasteiger partial charge on any atom is 0.109 e. The van der Waals surface area contributed by atoms with Crippen LogP contribution in [0.4, 0.5) is 0 Å². The van der Waals surface area contributed by atoms with E-state index >= 15 is 0 Å². The molecule has 2 aliphatic rings. The van der Waals surface area contributed by atoms with Gasteiger partial charge in [0.2, 0.25) is 0 Å². The van der Waals surface area contributed by atoms with Crippen molar-refractivity contribution in [2.75, 3.05) is 39.8 Å². The van der Waals surface area contributed by atoms with Gasteiger partial charge in [-0.2, -0.15) is 0 Å². The first kappa shape index (κ1) is 15.9. The standard InChI is InChI=1S/C20H23N3S/c1-22-12-14-23(15-13-22)11-5-8-16-17-6-2-3-9-19(17)24-20-18(16)7-4-10-21-20/h2-4,6-10H,5,11-15H2,1H3. The lowest BCUT2D eigenvalue weighted by Crippen LogP contribution is -2.44. The molecule has 0 N–H and O–H groups in total. The van der Waals surface area contributed by atoms with Gasteiger partial charge in [-0.3, -0.25) is 0 Å². The first-order valence-corrected chi connectivity index (χ1v) is 9.46. The maximum absolute atomic E-state index is 4.58. The summed E-state index contributed by atoms with van der Waals surface area (Å²) >= 11 is 1.78. The van der Waals surface area contributed by atoms with Crippen LogP contribution in [0, 0.1) is 0 Å². The Labute approximate surface area is 148 Å². The van der Waals surface area contributed by atoms with Crippen molar-refractivity contribution in [1.82, 2.24) is 14.8 Å². The van der Waals surface area contributed by atoms with Gasteiger partial charge < -0.3 is 9.80 Å². The van der Waals surface area contributed by atoms with Crippen molar-refractivity contribution in [2.45, 2.75) is 16.3 Å². The van der Waals surface area contributed by atoms with E-state index in [0.29, 0.717) is 0 Å². The summed E-state index contributed by atoms with van der Waals surface area (Å²) in [5, 5.41) is 1.13. The number of fused-ring (bicyclic) bond motifs is 2. The number of hydrogen-bond acceptors (Lipinski definition) is 4. The van der Waals surface area contributed by atoms with Gasteiger partial charge in [0.05, 0.1) is 0 Å². The Bertz CT molecular complexity index is 701. The minimum atomic E-state index is 1.09. The van der Waals surface area contributed by atoms with E-state index in [1.807, 2.05) is 12.3 Å². The van der Waals surface area contributed by atoms with Gasteiger partial charge >= 0.3 is 0 Å². The summed E-state index contributed by atoms with van der Waals surface area (Å²) in [4.78, 5) is 10.9. The average molecular weight is 337 g/mol. The van der Waals surface area contributed by atoms with Crippen molar-refractivity contribution < 1.29 is 0 Å². The molecule has 0 amide bonds. The number of likely N-dealkylation sites (N-methyl/N-ethyl adjacent to an activating group) is 1. The van der Waals surface area contributed by atoms with E-state index < -0.39 is 0 Å². The first-order chi connectivity index (χ1) is 11.8. The number of benzene rings is 1. The molecule has 24 heavy (non-hydrogen) atoms. The van der Waals surface area contributed by atoms with E-state index in [1.165, 1.54) is 47.8 Å². The van der Waals surface area contributed by atoms with E-state index in [1.54, 1.807) is 11.8 Å². The molecule has 0 unspecified atom stereocenters. The minimum Gasteiger partial charge on any atom is -0.304 e. The summed E-state index contributed by atoms with van der Waals surface area (Å²) in [7, 11) is 2.21. The Morgan fingerprint density at radius 2 is 1.83 bits per heavy atom. The average Bonchev–Trinajstić information content (AvgIpc) is 2.63. The summed E-state index contributed by atoms with van der Waals surface area (Å²) in [6.07, 6.45) is 5.39. The lowest BCUT2D eigenvalue weighted by Gasteiger charge is -2.32. The van der Waals surface area contributed by atoms with Crippen molar-refractivity contribution in [3.63, 3.8) is 0 Å². The fourth-order valence-corrected chi connectivity index (χ4v) is 4.43. The molecule has 1 aromatic carbocycles. The van der Waals surface area contributed by atoms with Gasteiger partial charge in [0, 0.05) is 49.4 Å². The molecule has 1 fully saturated rings. The lowest BCUT2D eigenvalue weighted by molar-refractivity contribution is 0.156. The van der Waals surface area contributed by atoms with Gasteiger partial charge in [0.25, 0.3) is 0 Å². The van der Waals surface area contributed by atoms with Gasteiger partial charge in [-0.1, -0.05) is 42.1 Å². The van der Waals surface area contributed by atoms with Gasteiger partial charge in [0.15, 0.2) is 0 Å². The van der Waals surface area contributed by atoms with Gasteiger partial charge in [-0.15, -0.1) is 0 Å². The topological polar surface area (TPSA) is 19.4 Å². The highest BCUT2D eigenvalue weighted by Gasteiger charge is 2.21. The molecule has 2 aromatic rings. The number of rotatable bonds is 3. The number of hydrogen-bond donors (Lipinski definition) is 0. The molecule has 2 aliphatic heterocycles. The van der Waals surface area contributed by atoms with Crippen LogP contribution in [0.1, 0.15) is 17.5 Å². The number of piperazine rings is 1. The van der Waals surface area contributed by atoms with Crippen LogP contribution in [0.25, 0.3) is 5.57 Å². The predicted molar refractivity (Wildman–Crippen MR) is 100 cm³/mol. The molecule has 124 valence electrons. The molecule has 0 radical (unpaired) electrons. The molecular formula is C20H23N3S. The maximum atomic E-state index is 4.58. The molecule has 1 saturated heterocycles. The van der Waals surface area contributed by atoms with Crippen LogP contribution in [0.3, 0.4) is 0 Å². The van der Waals surface area contributed by atoms with Crippen LogP contribution in [0.5, 0.6) is 0 Å². The van der Waals surface area contributed by atoms with Crippen LogP contribution in [-0.2, 0) is 0 Å². The van der Waals surface area contributed by atoms with Crippen LogP contribution in [-0.4, -0.2) is 54.6 Å². The molecule has 1 aromatic heterocycles. The summed E-state index contributed by atoms with van der Waals surface area (Å²) in [6.45, 7) is 5.88. The third kappa shape index (κ3) is 3.27. The molecule has 0 aliphatic carbocycles. The SMILES string of the molecule is CN1CCN(CCC=C2c3ccccc3Sc3ncccc32)CC1. The molecular weight excluding hydrogens is 314 g/mol. The summed E-state index contributed by atoms with van der Waals surface area (Å²) in [5.41, 5.74) is 3.97. The van der Waals surface area contributed by atoms with E-state index in [9.17, 15) is 0 Å². The molecule has 0 saturated carbocycles. The number of nitrogens with zero attached hydrogens (tertiary/aromatic N) is 3. The zero-order valence-corrected chi connectivity index (χ0v) is 14.9. The van der Waals surface area contributed by atoms with Crippen LogP contribution >= 0.6 is 11.8 Å². The highest BCUT2D eigenvalue weighted by atomic mass is 32.2. The third-order valence-electron chi connectivity index (χ3n) is 4.83. The molecule has 3 nitrogen and oxygen atoms in total. The zero-order valence-electron chi connectivity index (χ0n) is 14.1. The second kappa shape index (κ2) is 7.09. The Morgan fingerprint density at radius 1 is 1.04 bits per heavy atom. The second-order valence-corrected chi connectivity index (χ2v) is 7.54. The quantitative estimate of drug-likeness (QED) is 0.727. The Morgan fingerprint density at radius 3 is 2.71 bits per heavy atom. The van der Waals surface area contributed by atoms with Gasteiger partial charge in [-0.05, 0) is 36.7 Å². The van der Waals surface area contributed by atoms with Crippen molar-refractivity contribution in [1.29, 1.82) is 0 Å². The fraction of sp³-hybridized carbons (Fsp3) is 0.350. The van der Waals surface area contributed by atoms with Crippen molar-refractivity contribution in [3.05, 3.63) is 59.8 Å². The van der Waals surface area contributed by atoms with Crippen LogP contribution in [0.15, 0.2) is 58.6 Å². The largest absolute Gasteiger partial charge is 0.304 e. The Kier molecular flexibility index (Phi) is 4.69. The lowest BCUT2D eigenvalue weighted by atomic mass is 9.97. The van der Waals surface area contributed by atoms with Crippen LogP contribution in [0.2, 0.25) is 0 Å². The third-order valence-corrected chi connectivity index (χ3v) is 5.93. The summed E-state index contributed by atoms with van der Waals surface area (Å²) < 4.78 is 0. The zero-order chi connectivity index (χ0) is 16.4. The van der Waals surface area contributed by atoms with Gasteiger partial charge in [0.1, 0.15) is 5.03 Å². The predicted octanol–water partition coefficient (Wildman–Crippen LogP) is 3.62. The molecule has 4 heteroatoms. The smallest absolute Gasteiger partial charge is 0.109 e. The molecule has 0 bridgehead atoms. The van der Waals surface area contributed by atoms with Crippen LogP contribution < -0.4 is 0 Å². The molecule has 3 heterocycles. The number of pyridine rings is 1. The molecule has 0 atom stereocenters. The van der Waals surface area contributed by atoms with Crippen molar-refractivity contribution in [2.24, 2.45) is 0 Å². The Balaban J connectivity index is 1.55. The normalized spacial score (nSPS) is 20.0. The molecule has 4 rings (SSSR count). The van der Waals surface area contributed by atoms with E-state index in [-0.39, 0.29) is 0 Å². The van der Waals surface area contributed by atoms with E-state index in [4.69, 9.17) is 0 Å². The fourth-order valence-electron chi connectivity index (χ4n) is 3.39. The highest BCUT2D eigenvalue weighted by molar-refractivity contribution is 7.99. The first-order valence-electron chi connectivity index (χ1n) is 8.65. The number of aromatic nitrogens is 1. The van der Waals surface area contributed by atoms with E-state index in [2.05, 4.69) is 58.2 Å². The monoisotopic (exact) mass is 337 g/mol. The second-order valence-electron chi connectivity index (χ2n) is 6.51. The van der Waals surface area contributed by atoms with Crippen molar-refractivity contribution in [3.8, 4) is 0 Å². The minimum absolute atomic E-state index is 1.09. The van der Waals surface area contributed by atoms with E-state index in [0.717, 1.165) is 18.0 Å². The van der Waals surface area contributed by atoms with Crippen molar-refractivity contribution >= 4 is 17.3 Å². The van der Waals surface area contributed by atoms with Gasteiger partial charge in [-0.25, -0.2) is 4.98 Å². The molecule has 0 spiro atoms. The Hall–Kier alpha value is -1.62.